The number of benzene rings is 1. The molecule has 0 saturated carbocycles. The van der Waals surface area contributed by atoms with Crippen LogP contribution in [0.5, 0.6) is 0 Å². The minimum atomic E-state index is -1.33. The van der Waals surface area contributed by atoms with Gasteiger partial charge in [0, 0.05) is 12.3 Å². The SMILES string of the molecule is O=C(O)c1ccc(NC(=O)c2c[nH]c(=O)[nH]2)c([N+](=O)[O-])c1. The van der Waals surface area contributed by atoms with Gasteiger partial charge in [0.05, 0.1) is 10.5 Å². The van der Waals surface area contributed by atoms with Crippen molar-refractivity contribution in [2.24, 2.45) is 0 Å². The number of anilines is 1. The lowest BCUT2D eigenvalue weighted by atomic mass is 10.1. The first-order chi connectivity index (χ1) is 9.88. The Labute approximate surface area is 115 Å². The van der Waals surface area contributed by atoms with Gasteiger partial charge in [-0.05, 0) is 12.1 Å². The molecule has 1 aromatic heterocycles. The summed E-state index contributed by atoms with van der Waals surface area (Å²) >= 11 is 0. The number of rotatable bonds is 4. The molecular formula is C11H8N4O6. The Morgan fingerprint density at radius 1 is 1.33 bits per heavy atom. The molecule has 0 saturated heterocycles. The van der Waals surface area contributed by atoms with E-state index in [-0.39, 0.29) is 16.9 Å². The number of imidazole rings is 1. The summed E-state index contributed by atoms with van der Waals surface area (Å²) in [5, 5.41) is 21.9. The van der Waals surface area contributed by atoms with Gasteiger partial charge >= 0.3 is 11.7 Å². The predicted molar refractivity (Wildman–Crippen MR) is 69.4 cm³/mol. The smallest absolute Gasteiger partial charge is 0.335 e. The van der Waals surface area contributed by atoms with Crippen molar-refractivity contribution in [3.63, 3.8) is 0 Å². The van der Waals surface area contributed by atoms with E-state index < -0.39 is 28.2 Å². The van der Waals surface area contributed by atoms with Crippen LogP contribution < -0.4 is 11.0 Å². The van der Waals surface area contributed by atoms with Gasteiger partial charge in [-0.1, -0.05) is 0 Å². The number of hydrogen-bond acceptors (Lipinski definition) is 5. The number of carboxylic acid groups (broad SMARTS) is 1. The molecule has 1 aromatic carbocycles. The van der Waals surface area contributed by atoms with E-state index in [2.05, 4.69) is 15.3 Å². The summed E-state index contributed by atoms with van der Waals surface area (Å²) in [5.74, 6) is -2.11. The van der Waals surface area contributed by atoms with E-state index in [1.165, 1.54) is 0 Å². The maximum absolute atomic E-state index is 11.8. The lowest BCUT2D eigenvalue weighted by molar-refractivity contribution is -0.383. The largest absolute Gasteiger partial charge is 0.478 e. The number of nitro groups is 1. The molecule has 0 atom stereocenters. The number of carbonyl (C=O) groups excluding carboxylic acids is 1. The molecule has 4 N–H and O–H groups in total. The molecule has 0 aliphatic carbocycles. The van der Waals surface area contributed by atoms with Crippen LogP contribution in [0.4, 0.5) is 11.4 Å². The highest BCUT2D eigenvalue weighted by molar-refractivity contribution is 6.04. The third kappa shape index (κ3) is 2.94. The van der Waals surface area contributed by atoms with Crippen molar-refractivity contribution in [2.45, 2.75) is 0 Å². The first-order valence-electron chi connectivity index (χ1n) is 5.49. The molecule has 1 heterocycles. The van der Waals surface area contributed by atoms with Gasteiger partial charge in [0.15, 0.2) is 0 Å². The standard InChI is InChI=1S/C11H8N4O6/c16-9(7-4-12-11(19)14-7)13-6-2-1-5(10(17)18)3-8(6)15(20)21/h1-4H,(H,13,16)(H,17,18)(H2,12,14,19). The van der Waals surface area contributed by atoms with E-state index in [1.54, 1.807) is 0 Å². The van der Waals surface area contributed by atoms with Gasteiger partial charge < -0.3 is 20.4 Å². The Bertz CT molecular complexity index is 790. The van der Waals surface area contributed by atoms with Crippen molar-refractivity contribution in [2.75, 3.05) is 5.32 Å². The van der Waals surface area contributed by atoms with Crippen molar-refractivity contribution in [3.05, 3.63) is 56.3 Å². The molecule has 0 unspecified atom stereocenters. The number of aromatic amines is 2. The van der Waals surface area contributed by atoms with Crippen LogP contribution in [0, 0.1) is 10.1 Å². The van der Waals surface area contributed by atoms with Crippen molar-refractivity contribution in [1.29, 1.82) is 0 Å². The Kier molecular flexibility index (Phi) is 3.52. The third-order valence-electron chi connectivity index (χ3n) is 2.53. The predicted octanol–water partition coefficient (Wildman–Crippen LogP) is 0.562. The number of carbonyl (C=O) groups is 2. The number of nitrogens with zero attached hydrogens (tertiary/aromatic N) is 1. The quantitative estimate of drug-likeness (QED) is 0.476. The van der Waals surface area contributed by atoms with E-state index in [0.29, 0.717) is 0 Å². The lowest BCUT2D eigenvalue weighted by Gasteiger charge is -2.05. The van der Waals surface area contributed by atoms with Gasteiger partial charge in [-0.25, -0.2) is 9.59 Å². The maximum Gasteiger partial charge on any atom is 0.335 e. The van der Waals surface area contributed by atoms with Crippen LogP contribution in [0.2, 0.25) is 0 Å². The van der Waals surface area contributed by atoms with Gasteiger partial charge in [0.25, 0.3) is 11.6 Å². The molecule has 2 aromatic rings. The van der Waals surface area contributed by atoms with Crippen LogP contribution >= 0.6 is 0 Å². The number of carboxylic acids is 1. The number of hydrogen-bond donors (Lipinski definition) is 4. The van der Waals surface area contributed by atoms with Crippen molar-refractivity contribution < 1.29 is 19.6 Å². The van der Waals surface area contributed by atoms with Crippen molar-refractivity contribution >= 4 is 23.3 Å². The zero-order valence-corrected chi connectivity index (χ0v) is 10.2. The molecular weight excluding hydrogens is 284 g/mol. The van der Waals surface area contributed by atoms with Gasteiger partial charge in [-0.2, -0.15) is 0 Å². The monoisotopic (exact) mass is 292 g/mol. The average molecular weight is 292 g/mol. The zero-order valence-electron chi connectivity index (χ0n) is 10.2. The summed E-state index contributed by atoms with van der Waals surface area (Å²) in [7, 11) is 0. The van der Waals surface area contributed by atoms with E-state index in [4.69, 9.17) is 5.11 Å². The highest BCUT2D eigenvalue weighted by atomic mass is 16.6. The number of aromatic carboxylic acids is 1. The molecule has 108 valence electrons. The van der Waals surface area contributed by atoms with Crippen molar-refractivity contribution in [1.82, 2.24) is 9.97 Å². The summed E-state index contributed by atoms with van der Waals surface area (Å²) in [6.45, 7) is 0. The summed E-state index contributed by atoms with van der Waals surface area (Å²) in [5.41, 5.74) is -1.75. The highest BCUT2D eigenvalue weighted by Gasteiger charge is 2.20. The fraction of sp³-hybridized carbons (Fsp3) is 0. The molecule has 0 spiro atoms. The number of aromatic nitrogens is 2. The molecule has 21 heavy (non-hydrogen) atoms. The first kappa shape index (κ1) is 14.0. The van der Waals surface area contributed by atoms with E-state index in [0.717, 1.165) is 24.4 Å². The molecule has 0 fully saturated rings. The minimum absolute atomic E-state index is 0.114. The summed E-state index contributed by atoms with van der Waals surface area (Å²) in [6, 6.07) is 3.05. The Morgan fingerprint density at radius 3 is 2.57 bits per heavy atom. The maximum atomic E-state index is 11.8. The lowest BCUT2D eigenvalue weighted by Crippen LogP contribution is -2.15. The fourth-order valence-corrected chi connectivity index (χ4v) is 1.57. The molecule has 0 radical (unpaired) electrons. The van der Waals surface area contributed by atoms with Crippen LogP contribution in [0.1, 0.15) is 20.8 Å². The molecule has 0 aliphatic heterocycles. The normalized spacial score (nSPS) is 10.1. The van der Waals surface area contributed by atoms with E-state index >= 15 is 0 Å². The van der Waals surface area contributed by atoms with Crippen LogP contribution in [-0.4, -0.2) is 31.9 Å². The summed E-state index contributed by atoms with van der Waals surface area (Å²) in [6.07, 6.45) is 1.11. The highest BCUT2D eigenvalue weighted by Crippen LogP contribution is 2.26. The minimum Gasteiger partial charge on any atom is -0.478 e. The van der Waals surface area contributed by atoms with E-state index in [9.17, 15) is 24.5 Å². The van der Waals surface area contributed by atoms with E-state index in [1.807, 2.05) is 0 Å². The molecule has 10 heteroatoms. The number of nitrogens with one attached hydrogen (secondary N) is 3. The van der Waals surface area contributed by atoms with Crippen LogP contribution in [0.25, 0.3) is 0 Å². The van der Waals surface area contributed by atoms with Crippen LogP contribution in [-0.2, 0) is 0 Å². The topological polar surface area (TPSA) is 158 Å². The van der Waals surface area contributed by atoms with Crippen LogP contribution in [0.3, 0.4) is 0 Å². The second kappa shape index (κ2) is 5.28. The Morgan fingerprint density at radius 2 is 2.05 bits per heavy atom. The average Bonchev–Trinajstić information content (AvgIpc) is 2.85. The summed E-state index contributed by atoms with van der Waals surface area (Å²) in [4.78, 5) is 47.9. The molecule has 2 rings (SSSR count). The Balaban J connectivity index is 2.35. The van der Waals surface area contributed by atoms with Gasteiger partial charge in [-0.15, -0.1) is 0 Å². The van der Waals surface area contributed by atoms with Gasteiger partial charge in [-0.3, -0.25) is 14.9 Å². The number of amides is 1. The fourth-order valence-electron chi connectivity index (χ4n) is 1.57. The second-order valence-corrected chi connectivity index (χ2v) is 3.90. The van der Waals surface area contributed by atoms with Gasteiger partial charge in [0.1, 0.15) is 11.4 Å². The van der Waals surface area contributed by atoms with Gasteiger partial charge in [0.2, 0.25) is 0 Å². The molecule has 1 amide bonds. The van der Waals surface area contributed by atoms with Crippen LogP contribution in [0.15, 0.2) is 29.2 Å². The third-order valence-corrected chi connectivity index (χ3v) is 2.53. The Hall–Kier alpha value is -3.43. The number of nitro benzene ring substituents is 1. The number of H-pyrrole nitrogens is 2. The zero-order chi connectivity index (χ0) is 15.6. The van der Waals surface area contributed by atoms with Crippen molar-refractivity contribution in [3.8, 4) is 0 Å². The molecule has 0 bridgehead atoms. The molecule has 10 nitrogen and oxygen atoms in total. The second-order valence-electron chi connectivity index (χ2n) is 3.90. The first-order valence-corrected chi connectivity index (χ1v) is 5.49. The summed E-state index contributed by atoms with van der Waals surface area (Å²) < 4.78 is 0. The molecule has 0 aliphatic rings.